The Morgan fingerprint density at radius 2 is 1.53 bits per heavy atom. The summed E-state index contributed by atoms with van der Waals surface area (Å²) in [4.78, 5) is 39.2. The third kappa shape index (κ3) is 3.54. The highest BCUT2D eigenvalue weighted by atomic mass is 16.2. The van der Waals surface area contributed by atoms with Gasteiger partial charge in [-0.1, -0.05) is 53.7 Å². The van der Waals surface area contributed by atoms with Crippen molar-refractivity contribution in [3.63, 3.8) is 0 Å². The summed E-state index contributed by atoms with van der Waals surface area (Å²) in [5, 5.41) is 10.7. The summed E-state index contributed by atoms with van der Waals surface area (Å²) < 4.78 is 1.58. The lowest BCUT2D eigenvalue weighted by Gasteiger charge is -2.15. The minimum atomic E-state index is -0.441. The largest absolute Gasteiger partial charge is 0.320 e. The normalized spacial score (nSPS) is 12.7. The van der Waals surface area contributed by atoms with Crippen LogP contribution in [-0.4, -0.2) is 32.7 Å². The number of nitrogens with one attached hydrogen (secondary N) is 1. The number of carbonyl (C=O) groups is 3. The summed E-state index contributed by atoms with van der Waals surface area (Å²) in [5.41, 5.74) is 2.73. The van der Waals surface area contributed by atoms with Gasteiger partial charge in [0.25, 0.3) is 17.7 Å². The van der Waals surface area contributed by atoms with Gasteiger partial charge >= 0.3 is 0 Å². The third-order valence-electron chi connectivity index (χ3n) is 5.11. The number of imide groups is 1. The van der Waals surface area contributed by atoms with E-state index < -0.39 is 17.7 Å². The summed E-state index contributed by atoms with van der Waals surface area (Å²) in [5.74, 6) is -1.22. The molecule has 3 amide bonds. The molecule has 5 rings (SSSR count). The Hall–Kier alpha value is -4.59. The Morgan fingerprint density at radius 1 is 0.844 bits per heavy atom. The minimum Gasteiger partial charge on any atom is -0.320 e. The fraction of sp³-hybridized carbons (Fsp3) is 0.0417. The van der Waals surface area contributed by atoms with Crippen molar-refractivity contribution in [1.82, 2.24) is 15.0 Å². The molecule has 0 radical (unpaired) electrons. The van der Waals surface area contributed by atoms with Crippen molar-refractivity contribution in [3.8, 4) is 0 Å². The van der Waals surface area contributed by atoms with Crippen molar-refractivity contribution < 1.29 is 14.4 Å². The van der Waals surface area contributed by atoms with Crippen molar-refractivity contribution in [2.75, 3.05) is 10.2 Å². The van der Waals surface area contributed by atoms with Gasteiger partial charge in [-0.15, -0.1) is 5.10 Å². The van der Waals surface area contributed by atoms with Gasteiger partial charge in [-0.2, -0.15) is 0 Å². The number of hydrogen-bond donors (Lipinski definition) is 1. The number of nitrogens with zero attached hydrogens (tertiary/aromatic N) is 4. The molecule has 8 nitrogen and oxygen atoms in total. The Morgan fingerprint density at radius 3 is 2.25 bits per heavy atom. The standard InChI is InChI=1S/C24H17N5O3/c30-22(21-15-28(27-26-21)14-16-7-2-1-3-8-16)25-17-9-6-10-18(13-17)29-23(31)19-11-4-5-12-20(19)24(29)32/h1-13,15H,14H2,(H,25,30). The molecular weight excluding hydrogens is 406 g/mol. The maximum absolute atomic E-state index is 12.7. The number of fused-ring (bicyclic) bond motifs is 1. The molecule has 1 aliphatic rings. The average Bonchev–Trinajstić information content (AvgIpc) is 3.38. The van der Waals surface area contributed by atoms with Crippen LogP contribution >= 0.6 is 0 Å². The molecule has 0 unspecified atom stereocenters. The second-order valence-electron chi connectivity index (χ2n) is 7.28. The molecule has 8 heteroatoms. The first kappa shape index (κ1) is 19.4. The Bertz CT molecular complexity index is 1310. The molecule has 0 bridgehead atoms. The quantitative estimate of drug-likeness (QED) is 0.497. The summed E-state index contributed by atoms with van der Waals surface area (Å²) in [6.07, 6.45) is 1.57. The number of anilines is 2. The number of aromatic nitrogens is 3. The highest BCUT2D eigenvalue weighted by molar-refractivity contribution is 6.34. The maximum atomic E-state index is 12.7. The number of carbonyl (C=O) groups excluding carboxylic acids is 3. The molecule has 1 aromatic heterocycles. The Labute approximate surface area is 183 Å². The van der Waals surface area contributed by atoms with E-state index in [0.717, 1.165) is 10.5 Å². The van der Waals surface area contributed by atoms with Gasteiger partial charge in [-0.25, -0.2) is 9.58 Å². The summed E-state index contributed by atoms with van der Waals surface area (Å²) in [6.45, 7) is 0.496. The Kier molecular flexibility index (Phi) is 4.79. The van der Waals surface area contributed by atoms with Crippen LogP contribution in [0.3, 0.4) is 0 Å². The third-order valence-corrected chi connectivity index (χ3v) is 5.11. The molecule has 0 fully saturated rings. The smallest absolute Gasteiger partial charge is 0.277 e. The Balaban J connectivity index is 1.32. The van der Waals surface area contributed by atoms with E-state index in [2.05, 4.69) is 15.6 Å². The molecule has 0 atom stereocenters. The van der Waals surface area contributed by atoms with Gasteiger partial charge in [-0.3, -0.25) is 14.4 Å². The number of benzene rings is 3. The topological polar surface area (TPSA) is 97.2 Å². The molecule has 0 aliphatic carbocycles. The zero-order valence-corrected chi connectivity index (χ0v) is 16.8. The number of rotatable bonds is 5. The molecule has 4 aromatic rings. The maximum Gasteiger partial charge on any atom is 0.277 e. The van der Waals surface area contributed by atoms with Crippen LogP contribution in [0.4, 0.5) is 11.4 Å². The molecular formula is C24H17N5O3. The van der Waals surface area contributed by atoms with Gasteiger partial charge in [-0.05, 0) is 35.9 Å². The molecule has 1 N–H and O–H groups in total. The lowest BCUT2D eigenvalue weighted by Crippen LogP contribution is -2.29. The predicted molar refractivity (Wildman–Crippen MR) is 118 cm³/mol. The predicted octanol–water partition coefficient (Wildman–Crippen LogP) is 3.38. The summed E-state index contributed by atoms with van der Waals surface area (Å²) in [6, 6.07) is 23.0. The first-order chi connectivity index (χ1) is 15.6. The van der Waals surface area contributed by atoms with E-state index in [1.165, 1.54) is 0 Å². The molecule has 2 heterocycles. The average molecular weight is 423 g/mol. The monoisotopic (exact) mass is 423 g/mol. The van der Waals surface area contributed by atoms with Crippen molar-refractivity contribution in [2.45, 2.75) is 6.54 Å². The second-order valence-corrected chi connectivity index (χ2v) is 7.28. The first-order valence-electron chi connectivity index (χ1n) is 9.93. The van der Waals surface area contributed by atoms with E-state index in [0.29, 0.717) is 29.0 Å². The van der Waals surface area contributed by atoms with Gasteiger partial charge in [0.1, 0.15) is 0 Å². The minimum absolute atomic E-state index is 0.159. The fourth-order valence-electron chi connectivity index (χ4n) is 3.59. The lowest BCUT2D eigenvalue weighted by atomic mass is 10.1. The van der Waals surface area contributed by atoms with Crippen LogP contribution in [0, 0.1) is 0 Å². The van der Waals surface area contributed by atoms with Crippen LogP contribution in [0.25, 0.3) is 0 Å². The van der Waals surface area contributed by atoms with E-state index in [9.17, 15) is 14.4 Å². The van der Waals surface area contributed by atoms with Crippen LogP contribution in [0.5, 0.6) is 0 Å². The van der Waals surface area contributed by atoms with E-state index in [4.69, 9.17) is 0 Å². The lowest BCUT2D eigenvalue weighted by molar-refractivity contribution is 0.0925. The molecule has 156 valence electrons. The van der Waals surface area contributed by atoms with Gasteiger partial charge in [0.2, 0.25) is 0 Å². The van der Waals surface area contributed by atoms with E-state index in [1.54, 1.807) is 59.4 Å². The van der Waals surface area contributed by atoms with Gasteiger partial charge in [0.05, 0.1) is 29.6 Å². The summed E-state index contributed by atoms with van der Waals surface area (Å²) >= 11 is 0. The second kappa shape index (κ2) is 7.92. The number of amides is 3. The fourth-order valence-corrected chi connectivity index (χ4v) is 3.59. The van der Waals surface area contributed by atoms with Gasteiger partial charge < -0.3 is 5.32 Å². The van der Waals surface area contributed by atoms with Gasteiger partial charge in [0, 0.05) is 5.69 Å². The van der Waals surface area contributed by atoms with Crippen molar-refractivity contribution in [1.29, 1.82) is 0 Å². The van der Waals surface area contributed by atoms with Crippen molar-refractivity contribution in [2.24, 2.45) is 0 Å². The summed E-state index contributed by atoms with van der Waals surface area (Å²) in [7, 11) is 0. The van der Waals surface area contributed by atoms with Crippen LogP contribution in [0.2, 0.25) is 0 Å². The van der Waals surface area contributed by atoms with Crippen LogP contribution < -0.4 is 10.2 Å². The number of hydrogen-bond acceptors (Lipinski definition) is 5. The molecule has 3 aromatic carbocycles. The van der Waals surface area contributed by atoms with Crippen molar-refractivity contribution >= 4 is 29.1 Å². The molecule has 0 saturated heterocycles. The highest BCUT2D eigenvalue weighted by Gasteiger charge is 2.36. The molecule has 32 heavy (non-hydrogen) atoms. The van der Waals surface area contributed by atoms with Crippen LogP contribution in [0.1, 0.15) is 36.8 Å². The van der Waals surface area contributed by atoms with E-state index in [-0.39, 0.29) is 5.69 Å². The molecule has 0 spiro atoms. The zero-order chi connectivity index (χ0) is 22.1. The molecule has 1 aliphatic heterocycles. The van der Waals surface area contributed by atoms with E-state index >= 15 is 0 Å². The zero-order valence-electron chi connectivity index (χ0n) is 16.8. The highest BCUT2D eigenvalue weighted by Crippen LogP contribution is 2.29. The van der Waals surface area contributed by atoms with E-state index in [1.807, 2.05) is 30.3 Å². The SMILES string of the molecule is O=C(Nc1cccc(N2C(=O)c3ccccc3C2=O)c1)c1cn(Cc2ccccc2)nn1. The first-order valence-corrected chi connectivity index (χ1v) is 9.93. The van der Waals surface area contributed by atoms with Gasteiger partial charge in [0.15, 0.2) is 5.69 Å². The van der Waals surface area contributed by atoms with Crippen molar-refractivity contribution in [3.05, 3.63) is 107 Å². The van der Waals surface area contributed by atoms with Crippen LogP contribution in [0.15, 0.2) is 85.1 Å². The van der Waals surface area contributed by atoms with Crippen LogP contribution in [-0.2, 0) is 6.54 Å². The molecule has 0 saturated carbocycles.